The lowest BCUT2D eigenvalue weighted by Gasteiger charge is -2.14. The number of allylic oxidation sites excluding steroid dienone is 1. The van der Waals surface area contributed by atoms with Crippen LogP contribution in [0.2, 0.25) is 0 Å². The molecule has 3 rings (SSSR count). The number of thiophene rings is 1. The van der Waals surface area contributed by atoms with E-state index in [-0.39, 0.29) is 11.8 Å². The van der Waals surface area contributed by atoms with Gasteiger partial charge in [-0.3, -0.25) is 9.59 Å². The van der Waals surface area contributed by atoms with Crippen LogP contribution in [0.25, 0.3) is 0 Å². The van der Waals surface area contributed by atoms with Gasteiger partial charge in [-0.15, -0.1) is 0 Å². The molecule has 0 saturated carbocycles. The van der Waals surface area contributed by atoms with Crippen LogP contribution >= 0.6 is 11.3 Å². The van der Waals surface area contributed by atoms with E-state index in [2.05, 4.69) is 16.7 Å². The Kier molecular flexibility index (Phi) is 6.01. The second kappa shape index (κ2) is 8.62. The molecule has 0 spiro atoms. The number of rotatable bonds is 6. The maximum atomic E-state index is 12.5. The summed E-state index contributed by atoms with van der Waals surface area (Å²) in [5.74, 6) is -0.355. The molecule has 1 aliphatic carbocycles. The lowest BCUT2D eigenvalue weighted by Crippen LogP contribution is -2.26. The number of amides is 2. The highest BCUT2D eigenvalue weighted by atomic mass is 32.1. The first-order chi connectivity index (χ1) is 12.2. The highest BCUT2D eigenvalue weighted by molar-refractivity contribution is 7.08. The molecule has 0 saturated heterocycles. The Labute approximate surface area is 152 Å². The monoisotopic (exact) mass is 354 g/mol. The molecule has 130 valence electrons. The molecule has 0 atom stereocenters. The zero-order valence-electron chi connectivity index (χ0n) is 14.1. The fourth-order valence-corrected chi connectivity index (χ4v) is 3.58. The topological polar surface area (TPSA) is 58.2 Å². The third-order valence-corrected chi connectivity index (χ3v) is 5.00. The molecule has 0 unspecified atom stereocenters. The minimum Gasteiger partial charge on any atom is -0.352 e. The van der Waals surface area contributed by atoms with Crippen LogP contribution in [0.15, 0.2) is 52.7 Å². The molecule has 1 heterocycles. The third-order valence-electron chi connectivity index (χ3n) is 4.32. The Bertz CT molecular complexity index is 766. The number of hydrogen-bond acceptors (Lipinski definition) is 3. The van der Waals surface area contributed by atoms with Gasteiger partial charge < -0.3 is 10.6 Å². The second-order valence-corrected chi connectivity index (χ2v) is 6.91. The summed E-state index contributed by atoms with van der Waals surface area (Å²) in [6.45, 7) is 0.622. The number of carbonyl (C=O) groups excluding carboxylic acids is 2. The molecule has 2 aromatic rings. The van der Waals surface area contributed by atoms with Crippen molar-refractivity contribution in [3.8, 4) is 0 Å². The molecule has 2 N–H and O–H groups in total. The first kappa shape index (κ1) is 17.4. The number of carbonyl (C=O) groups is 2. The van der Waals surface area contributed by atoms with Crippen LogP contribution < -0.4 is 10.6 Å². The average molecular weight is 354 g/mol. The highest BCUT2D eigenvalue weighted by Crippen LogP contribution is 2.20. The van der Waals surface area contributed by atoms with Crippen LogP contribution in [0.1, 0.15) is 52.8 Å². The van der Waals surface area contributed by atoms with Gasteiger partial charge in [0.2, 0.25) is 0 Å². The van der Waals surface area contributed by atoms with E-state index < -0.39 is 0 Å². The van der Waals surface area contributed by atoms with Crippen molar-refractivity contribution in [3.63, 3.8) is 0 Å². The molecular weight excluding hydrogens is 332 g/mol. The predicted molar refractivity (Wildman–Crippen MR) is 102 cm³/mol. The van der Waals surface area contributed by atoms with E-state index in [1.165, 1.54) is 29.8 Å². The maximum absolute atomic E-state index is 12.5. The highest BCUT2D eigenvalue weighted by Gasteiger charge is 2.14. The van der Waals surface area contributed by atoms with Crippen molar-refractivity contribution < 1.29 is 9.59 Å². The summed E-state index contributed by atoms with van der Waals surface area (Å²) in [6, 6.07) is 8.87. The molecule has 1 aromatic heterocycles. The van der Waals surface area contributed by atoms with Crippen LogP contribution in [0.3, 0.4) is 0 Å². The van der Waals surface area contributed by atoms with Crippen molar-refractivity contribution in [2.45, 2.75) is 32.1 Å². The van der Waals surface area contributed by atoms with E-state index in [0.29, 0.717) is 23.4 Å². The van der Waals surface area contributed by atoms with E-state index in [4.69, 9.17) is 0 Å². The van der Waals surface area contributed by atoms with Crippen molar-refractivity contribution in [2.24, 2.45) is 0 Å². The summed E-state index contributed by atoms with van der Waals surface area (Å²) in [4.78, 5) is 24.7. The van der Waals surface area contributed by atoms with Crippen molar-refractivity contribution in [1.82, 2.24) is 5.32 Å². The molecule has 1 aliphatic rings. The molecule has 0 aliphatic heterocycles. The largest absolute Gasteiger partial charge is 0.352 e. The van der Waals surface area contributed by atoms with Crippen LogP contribution in [-0.4, -0.2) is 18.4 Å². The van der Waals surface area contributed by atoms with Gasteiger partial charge in [0.05, 0.1) is 16.8 Å². The number of anilines is 1. The zero-order chi connectivity index (χ0) is 17.5. The van der Waals surface area contributed by atoms with Crippen molar-refractivity contribution in [3.05, 3.63) is 63.9 Å². The lowest BCUT2D eigenvalue weighted by atomic mass is 9.97. The van der Waals surface area contributed by atoms with Crippen LogP contribution in [-0.2, 0) is 0 Å². The number of benzene rings is 1. The summed E-state index contributed by atoms with van der Waals surface area (Å²) < 4.78 is 0. The van der Waals surface area contributed by atoms with Gasteiger partial charge in [-0.1, -0.05) is 23.8 Å². The van der Waals surface area contributed by atoms with Crippen LogP contribution in [0, 0.1) is 0 Å². The van der Waals surface area contributed by atoms with Gasteiger partial charge in [0.1, 0.15) is 0 Å². The fraction of sp³-hybridized carbons (Fsp3) is 0.300. The molecule has 1 aromatic carbocycles. The Morgan fingerprint density at radius 1 is 1.08 bits per heavy atom. The molecule has 2 amide bonds. The number of hydrogen-bond donors (Lipinski definition) is 2. The average Bonchev–Trinajstić information content (AvgIpc) is 3.18. The summed E-state index contributed by atoms with van der Waals surface area (Å²) in [7, 11) is 0. The van der Waals surface area contributed by atoms with Crippen molar-refractivity contribution >= 4 is 28.8 Å². The zero-order valence-corrected chi connectivity index (χ0v) is 14.9. The van der Waals surface area contributed by atoms with E-state index in [9.17, 15) is 9.59 Å². The summed E-state index contributed by atoms with van der Waals surface area (Å²) in [5.41, 5.74) is 3.06. The fourth-order valence-electron chi connectivity index (χ4n) is 2.94. The second-order valence-electron chi connectivity index (χ2n) is 6.13. The Hall–Kier alpha value is -2.40. The van der Waals surface area contributed by atoms with Gasteiger partial charge >= 0.3 is 0 Å². The molecule has 4 nitrogen and oxygen atoms in total. The maximum Gasteiger partial charge on any atom is 0.256 e. The SMILES string of the molecule is O=C(Nc1ccccc1C(=O)NCCC1=CCCCC1)c1ccsc1. The third kappa shape index (κ3) is 4.79. The minimum atomic E-state index is -0.200. The smallest absolute Gasteiger partial charge is 0.256 e. The summed E-state index contributed by atoms with van der Waals surface area (Å²) in [5, 5.41) is 9.44. The Morgan fingerprint density at radius 2 is 1.96 bits per heavy atom. The van der Waals surface area contributed by atoms with Crippen molar-refractivity contribution in [1.29, 1.82) is 0 Å². The predicted octanol–water partition coefficient (Wildman–Crippen LogP) is 4.62. The summed E-state index contributed by atoms with van der Waals surface area (Å²) >= 11 is 1.47. The standard InChI is InChI=1S/C20H22N2O2S/c23-19(16-11-13-25-14-16)22-18-9-5-4-8-17(18)20(24)21-12-10-15-6-2-1-3-7-15/h4-6,8-9,11,13-14H,1-3,7,10,12H2,(H,21,24)(H,22,23). The van der Waals surface area contributed by atoms with E-state index in [0.717, 1.165) is 19.3 Å². The minimum absolute atomic E-state index is 0.155. The molecule has 25 heavy (non-hydrogen) atoms. The van der Waals surface area contributed by atoms with Crippen LogP contribution in [0.4, 0.5) is 5.69 Å². The van der Waals surface area contributed by atoms with Gasteiger partial charge in [-0.2, -0.15) is 11.3 Å². The normalized spacial score (nSPS) is 13.8. The number of para-hydroxylation sites is 1. The summed E-state index contributed by atoms with van der Waals surface area (Å²) in [6.07, 6.45) is 8.01. The molecule has 0 radical (unpaired) electrons. The van der Waals surface area contributed by atoms with Gasteiger partial charge in [-0.25, -0.2) is 0 Å². The van der Waals surface area contributed by atoms with Gasteiger partial charge in [0.25, 0.3) is 11.8 Å². The van der Waals surface area contributed by atoms with E-state index in [1.54, 1.807) is 29.6 Å². The molecular formula is C20H22N2O2S. The molecule has 5 heteroatoms. The van der Waals surface area contributed by atoms with Gasteiger partial charge in [0, 0.05) is 11.9 Å². The molecule has 0 bridgehead atoms. The first-order valence-corrected chi connectivity index (χ1v) is 9.57. The van der Waals surface area contributed by atoms with Crippen molar-refractivity contribution in [2.75, 3.05) is 11.9 Å². The Balaban J connectivity index is 1.60. The van der Waals surface area contributed by atoms with Crippen LogP contribution in [0.5, 0.6) is 0 Å². The lowest BCUT2D eigenvalue weighted by molar-refractivity contribution is 0.0955. The van der Waals surface area contributed by atoms with Gasteiger partial charge in [-0.05, 0) is 55.7 Å². The van der Waals surface area contributed by atoms with E-state index in [1.807, 2.05) is 11.4 Å². The Morgan fingerprint density at radius 3 is 2.72 bits per heavy atom. The number of nitrogens with one attached hydrogen (secondary N) is 2. The quantitative estimate of drug-likeness (QED) is 0.744. The van der Waals surface area contributed by atoms with Gasteiger partial charge in [0.15, 0.2) is 0 Å². The molecule has 0 fully saturated rings. The van der Waals surface area contributed by atoms with E-state index >= 15 is 0 Å². The first-order valence-electron chi connectivity index (χ1n) is 8.63.